The second kappa shape index (κ2) is 11.8. The molecule has 8 nitrogen and oxygen atoms in total. The number of aryl methyl sites for hydroxylation is 1. The number of pyridine rings is 1. The average molecular weight is 482 g/mol. The molecule has 2 N–H and O–H groups in total. The van der Waals surface area contributed by atoms with E-state index >= 15 is 0 Å². The molecule has 2 atom stereocenters. The normalized spacial score (nSPS) is 21.2. The molecular formula is C27H39N5O3. The van der Waals surface area contributed by atoms with E-state index in [-0.39, 0.29) is 24.7 Å². The zero-order valence-corrected chi connectivity index (χ0v) is 21.3. The molecule has 0 bridgehead atoms. The van der Waals surface area contributed by atoms with Gasteiger partial charge in [-0.3, -0.25) is 14.5 Å². The highest BCUT2D eigenvalue weighted by Crippen LogP contribution is 2.29. The molecule has 4 rings (SSSR count). The highest BCUT2D eigenvalue weighted by Gasteiger charge is 2.23. The number of hydrogen-bond donors (Lipinski definition) is 2. The smallest absolute Gasteiger partial charge is 0.224 e. The summed E-state index contributed by atoms with van der Waals surface area (Å²) < 4.78 is 5.33. The van der Waals surface area contributed by atoms with Crippen LogP contribution >= 0.6 is 0 Å². The molecule has 35 heavy (non-hydrogen) atoms. The molecule has 1 aromatic heterocycles. The van der Waals surface area contributed by atoms with E-state index in [9.17, 15) is 9.59 Å². The maximum atomic E-state index is 12.4. The van der Waals surface area contributed by atoms with Gasteiger partial charge in [-0.25, -0.2) is 4.98 Å². The summed E-state index contributed by atoms with van der Waals surface area (Å²) in [6.07, 6.45) is 1.60. The van der Waals surface area contributed by atoms with E-state index in [2.05, 4.69) is 47.3 Å². The Hall–Kier alpha value is -2.71. The van der Waals surface area contributed by atoms with E-state index in [1.165, 1.54) is 6.42 Å². The Balaban J connectivity index is 1.28. The van der Waals surface area contributed by atoms with Crippen molar-refractivity contribution in [1.82, 2.24) is 15.2 Å². The maximum absolute atomic E-state index is 12.4. The monoisotopic (exact) mass is 481 g/mol. The number of fused-ring (bicyclic) bond motifs is 1. The summed E-state index contributed by atoms with van der Waals surface area (Å²) in [6, 6.07) is 7.99. The van der Waals surface area contributed by atoms with Crippen molar-refractivity contribution in [3.63, 3.8) is 0 Å². The van der Waals surface area contributed by atoms with E-state index < -0.39 is 0 Å². The Bertz CT molecular complexity index is 1030. The minimum atomic E-state index is -0.161. The number of nitrogens with one attached hydrogen (secondary N) is 2. The van der Waals surface area contributed by atoms with Crippen molar-refractivity contribution in [2.75, 3.05) is 62.7 Å². The third-order valence-electron chi connectivity index (χ3n) is 6.91. The second-order valence-electron chi connectivity index (χ2n) is 10.2. The standard InChI is InChI=1S/C27H39N5O3/c1-19-14-20(2)18-32(17-19)25-15-21(3)23-16-22(4-5-24(23)30-25)29-27(34)7-6-26(33)28-8-9-31-10-12-35-13-11-31/h4-5,15-16,19-20H,6-14,17-18H2,1-3H3,(H,28,33)(H,29,34)/t19-,20+. The SMILES string of the molecule is Cc1cc(N2C[C@H](C)C[C@H](C)C2)nc2ccc(NC(=O)CCC(=O)NCCN3CCOCC3)cc12. The van der Waals surface area contributed by atoms with Crippen molar-refractivity contribution in [2.45, 2.75) is 40.0 Å². The van der Waals surface area contributed by atoms with Gasteiger partial charge in [0.05, 0.1) is 18.7 Å². The Kier molecular flexibility index (Phi) is 8.57. The minimum absolute atomic E-state index is 0.0964. The van der Waals surface area contributed by atoms with Gasteiger partial charge in [-0.2, -0.15) is 0 Å². The summed E-state index contributed by atoms with van der Waals surface area (Å²) in [5.41, 5.74) is 2.81. The quantitative estimate of drug-likeness (QED) is 0.602. The number of benzene rings is 1. The van der Waals surface area contributed by atoms with Gasteiger partial charge in [0.2, 0.25) is 11.8 Å². The highest BCUT2D eigenvalue weighted by molar-refractivity contribution is 5.96. The van der Waals surface area contributed by atoms with Crippen molar-refractivity contribution in [2.24, 2.45) is 11.8 Å². The molecule has 0 radical (unpaired) electrons. The van der Waals surface area contributed by atoms with Crippen LogP contribution in [0.3, 0.4) is 0 Å². The number of rotatable bonds is 8. The summed E-state index contributed by atoms with van der Waals surface area (Å²) in [7, 11) is 0. The Labute approximate surface area is 208 Å². The van der Waals surface area contributed by atoms with Crippen LogP contribution in [-0.4, -0.2) is 74.2 Å². The molecule has 190 valence electrons. The number of amides is 2. The van der Waals surface area contributed by atoms with Crippen LogP contribution in [0, 0.1) is 18.8 Å². The number of carbonyl (C=O) groups excluding carboxylic acids is 2. The Morgan fingerprint density at radius 1 is 1.06 bits per heavy atom. The predicted octanol–water partition coefficient (Wildman–Crippen LogP) is 3.19. The first-order chi connectivity index (χ1) is 16.9. The lowest BCUT2D eigenvalue weighted by Gasteiger charge is -2.36. The molecule has 1 aromatic carbocycles. The van der Waals surface area contributed by atoms with Gasteiger partial charge in [-0.05, 0) is 55.0 Å². The molecule has 2 saturated heterocycles. The topological polar surface area (TPSA) is 86.8 Å². The molecule has 2 amide bonds. The van der Waals surface area contributed by atoms with E-state index in [4.69, 9.17) is 9.72 Å². The average Bonchev–Trinajstić information content (AvgIpc) is 2.83. The number of nitrogens with zero attached hydrogens (tertiary/aromatic N) is 3. The van der Waals surface area contributed by atoms with Gasteiger partial charge in [0.1, 0.15) is 5.82 Å². The number of hydrogen-bond acceptors (Lipinski definition) is 6. The third-order valence-corrected chi connectivity index (χ3v) is 6.91. The number of carbonyl (C=O) groups is 2. The molecule has 2 fully saturated rings. The zero-order valence-electron chi connectivity index (χ0n) is 21.3. The molecular weight excluding hydrogens is 442 g/mol. The van der Waals surface area contributed by atoms with Gasteiger partial charge < -0.3 is 20.3 Å². The molecule has 2 aliphatic rings. The summed E-state index contributed by atoms with van der Waals surface area (Å²) in [5.74, 6) is 2.11. The molecule has 0 spiro atoms. The van der Waals surface area contributed by atoms with Crippen molar-refractivity contribution < 1.29 is 14.3 Å². The lowest BCUT2D eigenvalue weighted by molar-refractivity contribution is -0.124. The molecule has 8 heteroatoms. The fourth-order valence-electron chi connectivity index (χ4n) is 5.18. The first-order valence-electron chi connectivity index (χ1n) is 12.9. The first kappa shape index (κ1) is 25.4. The number of morpholine rings is 1. The molecule has 0 unspecified atom stereocenters. The minimum Gasteiger partial charge on any atom is -0.379 e. The predicted molar refractivity (Wildman–Crippen MR) is 140 cm³/mol. The van der Waals surface area contributed by atoms with Crippen molar-refractivity contribution in [3.05, 3.63) is 29.8 Å². The third kappa shape index (κ3) is 7.15. The van der Waals surface area contributed by atoms with Gasteiger partial charge in [0.25, 0.3) is 0 Å². The van der Waals surface area contributed by atoms with Gasteiger partial charge in [-0.1, -0.05) is 13.8 Å². The van der Waals surface area contributed by atoms with Crippen LogP contribution in [0.25, 0.3) is 10.9 Å². The van der Waals surface area contributed by atoms with Gasteiger partial charge in [0, 0.05) is 63.2 Å². The highest BCUT2D eigenvalue weighted by atomic mass is 16.5. The van der Waals surface area contributed by atoms with Crippen LogP contribution in [0.4, 0.5) is 11.5 Å². The van der Waals surface area contributed by atoms with Crippen LogP contribution in [0.2, 0.25) is 0 Å². The van der Waals surface area contributed by atoms with Gasteiger partial charge in [-0.15, -0.1) is 0 Å². The first-order valence-corrected chi connectivity index (χ1v) is 12.9. The van der Waals surface area contributed by atoms with Crippen LogP contribution in [0.1, 0.15) is 38.7 Å². The van der Waals surface area contributed by atoms with E-state index in [1.807, 2.05) is 18.2 Å². The van der Waals surface area contributed by atoms with E-state index in [0.717, 1.165) is 73.9 Å². The summed E-state index contributed by atoms with van der Waals surface area (Å²) in [5, 5.41) is 6.87. The van der Waals surface area contributed by atoms with Crippen molar-refractivity contribution >= 4 is 34.2 Å². The maximum Gasteiger partial charge on any atom is 0.224 e. The summed E-state index contributed by atoms with van der Waals surface area (Å²) >= 11 is 0. The van der Waals surface area contributed by atoms with Crippen LogP contribution in [-0.2, 0) is 14.3 Å². The summed E-state index contributed by atoms with van der Waals surface area (Å²) in [6.45, 7) is 13.5. The zero-order chi connectivity index (χ0) is 24.8. The largest absolute Gasteiger partial charge is 0.379 e. The number of piperidine rings is 1. The van der Waals surface area contributed by atoms with Crippen LogP contribution < -0.4 is 15.5 Å². The Morgan fingerprint density at radius 2 is 1.77 bits per heavy atom. The summed E-state index contributed by atoms with van der Waals surface area (Å²) in [4.78, 5) is 34.1. The van der Waals surface area contributed by atoms with Crippen LogP contribution in [0.5, 0.6) is 0 Å². The van der Waals surface area contributed by atoms with Crippen molar-refractivity contribution in [1.29, 1.82) is 0 Å². The molecule has 2 aliphatic heterocycles. The van der Waals surface area contributed by atoms with E-state index in [0.29, 0.717) is 18.4 Å². The van der Waals surface area contributed by atoms with Gasteiger partial charge >= 0.3 is 0 Å². The fourth-order valence-corrected chi connectivity index (χ4v) is 5.18. The molecule has 0 saturated carbocycles. The second-order valence-corrected chi connectivity index (χ2v) is 10.2. The molecule has 3 heterocycles. The number of ether oxygens (including phenoxy) is 1. The lowest BCUT2D eigenvalue weighted by Crippen LogP contribution is -2.41. The van der Waals surface area contributed by atoms with E-state index in [1.54, 1.807) is 0 Å². The molecule has 0 aliphatic carbocycles. The van der Waals surface area contributed by atoms with Crippen LogP contribution in [0.15, 0.2) is 24.3 Å². The molecule has 2 aromatic rings. The number of anilines is 2. The lowest BCUT2D eigenvalue weighted by atomic mass is 9.92. The Morgan fingerprint density at radius 3 is 2.51 bits per heavy atom. The van der Waals surface area contributed by atoms with Crippen molar-refractivity contribution in [3.8, 4) is 0 Å². The number of aromatic nitrogens is 1. The van der Waals surface area contributed by atoms with Gasteiger partial charge in [0.15, 0.2) is 0 Å². The fraction of sp³-hybridized carbons (Fsp3) is 0.593.